The molecule has 2 unspecified atom stereocenters. The molecule has 2 fully saturated rings. The van der Waals surface area contributed by atoms with Gasteiger partial charge in [0.05, 0.1) is 19.3 Å². The van der Waals surface area contributed by atoms with Crippen LogP contribution in [0.5, 0.6) is 0 Å². The number of hydrogen-bond donors (Lipinski definition) is 2. The van der Waals surface area contributed by atoms with Crippen molar-refractivity contribution < 1.29 is 19.4 Å². The highest BCUT2D eigenvalue weighted by Gasteiger charge is 2.39. The van der Waals surface area contributed by atoms with Crippen molar-refractivity contribution in [1.82, 2.24) is 5.32 Å². The van der Waals surface area contributed by atoms with Gasteiger partial charge in [0, 0.05) is 12.6 Å². The first kappa shape index (κ1) is 11.8. The molecule has 92 valence electrons. The Morgan fingerprint density at radius 1 is 1.56 bits per heavy atom. The van der Waals surface area contributed by atoms with Crippen molar-refractivity contribution in [2.75, 3.05) is 19.8 Å². The average molecular weight is 229 g/mol. The first-order valence-corrected chi connectivity index (χ1v) is 5.80. The smallest absolute Gasteiger partial charge is 0.326 e. The highest BCUT2D eigenvalue weighted by Crippen LogP contribution is 2.23. The van der Waals surface area contributed by atoms with Gasteiger partial charge in [-0.2, -0.15) is 0 Å². The molecule has 0 bridgehead atoms. The van der Waals surface area contributed by atoms with Crippen LogP contribution in [0.4, 0.5) is 0 Å². The summed E-state index contributed by atoms with van der Waals surface area (Å²) in [6.07, 6.45) is 3.05. The molecule has 16 heavy (non-hydrogen) atoms. The van der Waals surface area contributed by atoms with Gasteiger partial charge < -0.3 is 14.6 Å². The minimum atomic E-state index is -0.968. The summed E-state index contributed by atoms with van der Waals surface area (Å²) in [5.41, 5.74) is -0.968. The van der Waals surface area contributed by atoms with Gasteiger partial charge in [-0.3, -0.25) is 10.1 Å². The van der Waals surface area contributed by atoms with Crippen molar-refractivity contribution in [2.24, 2.45) is 0 Å². The van der Waals surface area contributed by atoms with Crippen molar-refractivity contribution in [3.8, 4) is 0 Å². The number of rotatable bonds is 6. The molecule has 1 aliphatic heterocycles. The Morgan fingerprint density at radius 2 is 2.31 bits per heavy atom. The third-order valence-electron chi connectivity index (χ3n) is 3.07. The van der Waals surface area contributed by atoms with E-state index in [-0.39, 0.29) is 12.7 Å². The first-order chi connectivity index (χ1) is 7.60. The number of nitrogens with one attached hydrogen (secondary N) is 1. The predicted octanol–water partition coefficient (Wildman–Crippen LogP) is 0.387. The Kier molecular flexibility index (Phi) is 3.47. The van der Waals surface area contributed by atoms with E-state index in [2.05, 4.69) is 5.32 Å². The van der Waals surface area contributed by atoms with Crippen LogP contribution in [0.1, 0.15) is 26.2 Å². The van der Waals surface area contributed by atoms with E-state index in [1.54, 1.807) is 6.92 Å². The third-order valence-corrected chi connectivity index (χ3v) is 3.07. The second-order valence-corrected chi connectivity index (χ2v) is 4.85. The molecule has 0 radical (unpaired) electrons. The highest BCUT2D eigenvalue weighted by molar-refractivity contribution is 5.78. The molecule has 5 heteroatoms. The Hall–Kier alpha value is -0.650. The van der Waals surface area contributed by atoms with Crippen LogP contribution in [-0.2, 0) is 14.3 Å². The van der Waals surface area contributed by atoms with Crippen molar-refractivity contribution in [1.29, 1.82) is 0 Å². The van der Waals surface area contributed by atoms with E-state index < -0.39 is 11.5 Å². The molecule has 0 spiro atoms. The quantitative estimate of drug-likeness (QED) is 0.689. The standard InChI is InChI=1S/C11H19NO4/c1-11(10(13)14,12-8-2-3-8)7-16-9-4-5-15-6-9/h8-9,12H,2-7H2,1H3,(H,13,14). The summed E-state index contributed by atoms with van der Waals surface area (Å²) in [5.74, 6) is -0.849. The zero-order valence-corrected chi connectivity index (χ0v) is 9.57. The van der Waals surface area contributed by atoms with Gasteiger partial charge in [0.2, 0.25) is 0 Å². The fraction of sp³-hybridized carbons (Fsp3) is 0.909. The number of aliphatic carboxylic acids is 1. The van der Waals surface area contributed by atoms with Gasteiger partial charge in [0.15, 0.2) is 0 Å². The van der Waals surface area contributed by atoms with Crippen LogP contribution in [0, 0.1) is 0 Å². The van der Waals surface area contributed by atoms with Gasteiger partial charge in [0.25, 0.3) is 0 Å². The first-order valence-electron chi connectivity index (χ1n) is 5.80. The Labute approximate surface area is 95.1 Å². The predicted molar refractivity (Wildman–Crippen MR) is 57.4 cm³/mol. The van der Waals surface area contributed by atoms with Crippen molar-refractivity contribution >= 4 is 5.97 Å². The number of hydrogen-bond acceptors (Lipinski definition) is 4. The van der Waals surface area contributed by atoms with E-state index in [1.807, 2.05) is 0 Å². The molecular formula is C11H19NO4. The second-order valence-electron chi connectivity index (χ2n) is 4.85. The number of carboxylic acids is 1. The van der Waals surface area contributed by atoms with Gasteiger partial charge in [-0.1, -0.05) is 0 Å². The molecule has 2 atom stereocenters. The lowest BCUT2D eigenvalue weighted by Gasteiger charge is -2.27. The van der Waals surface area contributed by atoms with Crippen LogP contribution in [0.15, 0.2) is 0 Å². The average Bonchev–Trinajstić information content (AvgIpc) is 2.89. The van der Waals surface area contributed by atoms with Gasteiger partial charge in [0.1, 0.15) is 5.54 Å². The maximum Gasteiger partial charge on any atom is 0.326 e. The van der Waals surface area contributed by atoms with E-state index in [0.717, 1.165) is 19.3 Å². The number of carboxylic acid groups (broad SMARTS) is 1. The molecule has 2 aliphatic rings. The Balaban J connectivity index is 1.82. The fourth-order valence-electron chi connectivity index (χ4n) is 1.77. The van der Waals surface area contributed by atoms with Crippen LogP contribution in [0.2, 0.25) is 0 Å². The van der Waals surface area contributed by atoms with Gasteiger partial charge in [-0.05, 0) is 26.2 Å². The fourth-order valence-corrected chi connectivity index (χ4v) is 1.77. The summed E-state index contributed by atoms with van der Waals surface area (Å²) in [4.78, 5) is 11.2. The number of carbonyl (C=O) groups is 1. The maximum atomic E-state index is 11.2. The lowest BCUT2D eigenvalue weighted by molar-refractivity contribution is -0.148. The van der Waals surface area contributed by atoms with E-state index in [9.17, 15) is 9.90 Å². The monoisotopic (exact) mass is 229 g/mol. The normalized spacial score (nSPS) is 28.9. The van der Waals surface area contributed by atoms with Crippen LogP contribution in [0.3, 0.4) is 0 Å². The minimum Gasteiger partial charge on any atom is -0.480 e. The largest absolute Gasteiger partial charge is 0.480 e. The lowest BCUT2D eigenvalue weighted by Crippen LogP contribution is -2.54. The lowest BCUT2D eigenvalue weighted by atomic mass is 10.0. The maximum absolute atomic E-state index is 11.2. The van der Waals surface area contributed by atoms with Crippen LogP contribution in [-0.4, -0.2) is 48.6 Å². The molecule has 2 N–H and O–H groups in total. The molecule has 2 rings (SSSR count). The molecule has 0 amide bonds. The molecule has 0 aromatic heterocycles. The van der Waals surface area contributed by atoms with E-state index in [0.29, 0.717) is 19.3 Å². The molecular weight excluding hydrogens is 210 g/mol. The molecule has 5 nitrogen and oxygen atoms in total. The molecule has 1 saturated carbocycles. The highest BCUT2D eigenvalue weighted by atomic mass is 16.5. The van der Waals surface area contributed by atoms with Crippen LogP contribution < -0.4 is 5.32 Å². The summed E-state index contributed by atoms with van der Waals surface area (Å²) in [5, 5.41) is 12.3. The summed E-state index contributed by atoms with van der Waals surface area (Å²) in [7, 11) is 0. The summed E-state index contributed by atoms with van der Waals surface area (Å²) < 4.78 is 10.8. The molecule has 0 aromatic carbocycles. The number of ether oxygens (including phenoxy) is 2. The van der Waals surface area contributed by atoms with Crippen LogP contribution >= 0.6 is 0 Å². The van der Waals surface area contributed by atoms with Crippen molar-refractivity contribution in [2.45, 2.75) is 43.9 Å². The third kappa shape index (κ3) is 2.93. The SMILES string of the molecule is CC(COC1CCOC1)(NC1CC1)C(=O)O. The zero-order valence-electron chi connectivity index (χ0n) is 9.57. The minimum absolute atomic E-state index is 0.0553. The van der Waals surface area contributed by atoms with E-state index >= 15 is 0 Å². The van der Waals surface area contributed by atoms with Crippen molar-refractivity contribution in [3.63, 3.8) is 0 Å². The van der Waals surface area contributed by atoms with Gasteiger partial charge in [-0.15, -0.1) is 0 Å². The zero-order chi connectivity index (χ0) is 11.6. The Bertz CT molecular complexity index is 261. The van der Waals surface area contributed by atoms with Gasteiger partial charge in [-0.25, -0.2) is 0 Å². The summed E-state index contributed by atoms with van der Waals surface area (Å²) >= 11 is 0. The summed E-state index contributed by atoms with van der Waals surface area (Å²) in [6, 6.07) is 0.351. The van der Waals surface area contributed by atoms with E-state index in [4.69, 9.17) is 9.47 Å². The van der Waals surface area contributed by atoms with Gasteiger partial charge >= 0.3 is 5.97 Å². The molecule has 1 saturated heterocycles. The summed E-state index contributed by atoms with van der Waals surface area (Å²) in [6.45, 7) is 3.18. The molecule has 1 heterocycles. The molecule has 0 aromatic rings. The van der Waals surface area contributed by atoms with Crippen LogP contribution in [0.25, 0.3) is 0 Å². The van der Waals surface area contributed by atoms with Crippen molar-refractivity contribution in [3.05, 3.63) is 0 Å². The second kappa shape index (κ2) is 4.69. The van der Waals surface area contributed by atoms with E-state index in [1.165, 1.54) is 0 Å². The molecule has 1 aliphatic carbocycles. The Morgan fingerprint density at radius 3 is 2.81 bits per heavy atom. The topological polar surface area (TPSA) is 67.8 Å².